The first-order chi connectivity index (χ1) is 11.2. The SMILES string of the molecule is CC12CN(C(=O)Nc3ccc(F)c(C#N)c3)CC1(C)C(=O)NC2=O. The van der Waals surface area contributed by atoms with Crippen LogP contribution in [0.4, 0.5) is 14.9 Å². The summed E-state index contributed by atoms with van der Waals surface area (Å²) < 4.78 is 13.3. The Kier molecular flexibility index (Phi) is 3.34. The van der Waals surface area contributed by atoms with Crippen molar-refractivity contribution in [1.29, 1.82) is 5.26 Å². The predicted octanol–water partition coefficient (Wildman–Crippen LogP) is 1.21. The van der Waals surface area contributed by atoms with Crippen molar-refractivity contribution in [2.75, 3.05) is 18.4 Å². The molecule has 0 saturated carbocycles. The van der Waals surface area contributed by atoms with Gasteiger partial charge in [-0.2, -0.15) is 5.26 Å². The fraction of sp³-hybridized carbons (Fsp3) is 0.375. The lowest BCUT2D eigenvalue weighted by atomic mass is 9.70. The van der Waals surface area contributed by atoms with Gasteiger partial charge in [0.25, 0.3) is 0 Å². The monoisotopic (exact) mass is 330 g/mol. The number of halogens is 1. The minimum atomic E-state index is -0.984. The second-order valence-electron chi connectivity index (χ2n) is 6.54. The van der Waals surface area contributed by atoms with Gasteiger partial charge < -0.3 is 10.2 Å². The third-order valence-corrected chi connectivity index (χ3v) is 5.09. The van der Waals surface area contributed by atoms with Crippen LogP contribution in [-0.4, -0.2) is 35.8 Å². The Morgan fingerprint density at radius 3 is 2.42 bits per heavy atom. The van der Waals surface area contributed by atoms with Gasteiger partial charge in [-0.1, -0.05) is 0 Å². The summed E-state index contributed by atoms with van der Waals surface area (Å²) in [7, 11) is 0. The molecule has 2 fully saturated rings. The molecule has 0 spiro atoms. The van der Waals surface area contributed by atoms with Gasteiger partial charge in [-0.15, -0.1) is 0 Å². The highest BCUT2D eigenvalue weighted by molar-refractivity contribution is 6.10. The van der Waals surface area contributed by atoms with Crippen molar-refractivity contribution in [2.45, 2.75) is 13.8 Å². The number of anilines is 1. The molecule has 2 N–H and O–H groups in total. The molecule has 0 aliphatic carbocycles. The number of hydrogen-bond donors (Lipinski definition) is 2. The number of hydrogen-bond acceptors (Lipinski definition) is 4. The zero-order valence-electron chi connectivity index (χ0n) is 13.1. The summed E-state index contributed by atoms with van der Waals surface area (Å²) in [5.41, 5.74) is -1.88. The third-order valence-electron chi connectivity index (χ3n) is 5.09. The number of amides is 4. The Balaban J connectivity index is 1.80. The lowest BCUT2D eigenvalue weighted by Gasteiger charge is -2.25. The van der Waals surface area contributed by atoms with Crippen molar-refractivity contribution in [3.63, 3.8) is 0 Å². The fourth-order valence-electron chi connectivity index (χ4n) is 3.23. The highest BCUT2D eigenvalue weighted by Gasteiger charge is 2.66. The van der Waals surface area contributed by atoms with Gasteiger partial charge in [-0.05, 0) is 32.0 Å². The van der Waals surface area contributed by atoms with Gasteiger partial charge in [0.15, 0.2) is 0 Å². The number of carbonyl (C=O) groups is 3. The van der Waals surface area contributed by atoms with Crippen molar-refractivity contribution >= 4 is 23.5 Å². The average Bonchev–Trinajstić information content (AvgIpc) is 2.90. The maximum Gasteiger partial charge on any atom is 0.321 e. The van der Waals surface area contributed by atoms with Gasteiger partial charge in [-0.25, -0.2) is 9.18 Å². The largest absolute Gasteiger partial charge is 0.322 e. The molecule has 2 aliphatic rings. The molecule has 1 aromatic rings. The molecule has 124 valence electrons. The van der Waals surface area contributed by atoms with E-state index in [0.29, 0.717) is 0 Å². The van der Waals surface area contributed by atoms with Crippen LogP contribution in [-0.2, 0) is 9.59 Å². The number of likely N-dealkylation sites (tertiary alicyclic amines) is 1. The number of imide groups is 1. The number of carbonyl (C=O) groups excluding carboxylic acids is 3. The summed E-state index contributed by atoms with van der Waals surface area (Å²) >= 11 is 0. The first-order valence-corrected chi connectivity index (χ1v) is 7.33. The number of nitrogens with zero attached hydrogens (tertiary/aromatic N) is 2. The van der Waals surface area contributed by atoms with E-state index in [2.05, 4.69) is 10.6 Å². The Hall–Kier alpha value is -2.95. The Morgan fingerprint density at radius 1 is 1.29 bits per heavy atom. The number of nitrogens with one attached hydrogen (secondary N) is 2. The molecule has 2 heterocycles. The van der Waals surface area contributed by atoms with Crippen LogP contribution in [0.25, 0.3) is 0 Å². The van der Waals surface area contributed by atoms with E-state index in [-0.39, 0.29) is 36.2 Å². The molecular weight excluding hydrogens is 315 g/mol. The highest BCUT2D eigenvalue weighted by atomic mass is 19.1. The van der Waals surface area contributed by atoms with Crippen LogP contribution in [0, 0.1) is 28.0 Å². The molecule has 2 aliphatic heterocycles. The van der Waals surface area contributed by atoms with Crippen LogP contribution < -0.4 is 10.6 Å². The summed E-state index contributed by atoms with van der Waals surface area (Å²) in [6.45, 7) is 3.51. The fourth-order valence-corrected chi connectivity index (χ4v) is 3.23. The molecule has 8 heteroatoms. The molecule has 0 radical (unpaired) electrons. The third kappa shape index (κ3) is 2.05. The number of fused-ring (bicyclic) bond motifs is 1. The molecule has 2 saturated heterocycles. The second kappa shape index (κ2) is 5.03. The number of benzene rings is 1. The molecular formula is C16H15FN4O3. The van der Waals surface area contributed by atoms with Crippen LogP contribution in [0.2, 0.25) is 0 Å². The van der Waals surface area contributed by atoms with Crippen LogP contribution in [0.15, 0.2) is 18.2 Å². The van der Waals surface area contributed by atoms with Crippen molar-refractivity contribution in [3.8, 4) is 6.07 Å². The van der Waals surface area contributed by atoms with E-state index in [1.165, 1.54) is 17.0 Å². The normalized spacial score (nSPS) is 28.3. The minimum Gasteiger partial charge on any atom is -0.322 e. The lowest BCUT2D eigenvalue weighted by Crippen LogP contribution is -2.40. The first-order valence-electron chi connectivity index (χ1n) is 7.33. The standard InChI is InChI=1S/C16H15FN4O3/c1-15-7-21(8-16(15,2)13(23)20-12(15)22)14(24)19-10-3-4-11(17)9(5-10)6-18/h3-5H,7-8H2,1-2H3,(H,19,24)(H,20,22,23). The summed E-state index contributed by atoms with van der Waals surface area (Å²) in [6.07, 6.45) is 0. The number of rotatable bonds is 1. The van der Waals surface area contributed by atoms with E-state index in [9.17, 15) is 18.8 Å². The number of urea groups is 1. The first kappa shape index (κ1) is 15.9. The maximum absolute atomic E-state index is 13.3. The second-order valence-corrected chi connectivity index (χ2v) is 6.54. The van der Waals surface area contributed by atoms with E-state index in [4.69, 9.17) is 5.26 Å². The van der Waals surface area contributed by atoms with Crippen LogP contribution in [0.5, 0.6) is 0 Å². The van der Waals surface area contributed by atoms with Crippen LogP contribution in [0.3, 0.4) is 0 Å². The van der Waals surface area contributed by atoms with Gasteiger partial charge >= 0.3 is 6.03 Å². The van der Waals surface area contributed by atoms with Gasteiger partial charge in [0, 0.05) is 18.8 Å². The zero-order chi connectivity index (χ0) is 17.7. The Labute approximate surface area is 137 Å². The van der Waals surface area contributed by atoms with Crippen molar-refractivity contribution in [3.05, 3.63) is 29.6 Å². The lowest BCUT2D eigenvalue weighted by molar-refractivity contribution is -0.128. The molecule has 7 nitrogen and oxygen atoms in total. The quantitative estimate of drug-likeness (QED) is 0.756. The molecule has 2 unspecified atom stereocenters. The Morgan fingerprint density at radius 2 is 1.88 bits per heavy atom. The summed E-state index contributed by atoms with van der Waals surface area (Å²) in [5, 5.41) is 13.7. The highest BCUT2D eigenvalue weighted by Crippen LogP contribution is 2.49. The predicted molar refractivity (Wildman–Crippen MR) is 81.1 cm³/mol. The van der Waals surface area contributed by atoms with Gasteiger partial charge in [-0.3, -0.25) is 14.9 Å². The molecule has 1 aromatic carbocycles. The van der Waals surface area contributed by atoms with Gasteiger partial charge in [0.1, 0.15) is 11.9 Å². The Bertz CT molecular complexity index is 790. The van der Waals surface area contributed by atoms with Crippen LogP contribution >= 0.6 is 0 Å². The van der Waals surface area contributed by atoms with E-state index in [0.717, 1.165) is 6.07 Å². The van der Waals surface area contributed by atoms with E-state index >= 15 is 0 Å². The summed E-state index contributed by atoms with van der Waals surface area (Å²) in [5.74, 6) is -1.45. The zero-order valence-corrected chi connectivity index (χ0v) is 13.1. The van der Waals surface area contributed by atoms with E-state index < -0.39 is 22.7 Å². The van der Waals surface area contributed by atoms with Gasteiger partial charge in [0.2, 0.25) is 11.8 Å². The van der Waals surface area contributed by atoms with Crippen LogP contribution in [0.1, 0.15) is 19.4 Å². The molecule has 0 bridgehead atoms. The van der Waals surface area contributed by atoms with E-state index in [1.807, 2.05) is 0 Å². The van der Waals surface area contributed by atoms with Crippen molar-refractivity contribution in [1.82, 2.24) is 10.2 Å². The molecule has 0 aromatic heterocycles. The molecule has 4 amide bonds. The maximum atomic E-state index is 13.3. The summed E-state index contributed by atoms with van der Waals surface area (Å²) in [4.78, 5) is 37.9. The average molecular weight is 330 g/mol. The molecule has 3 rings (SSSR count). The minimum absolute atomic E-state index is 0.0964. The topological polar surface area (TPSA) is 102 Å². The van der Waals surface area contributed by atoms with E-state index in [1.54, 1.807) is 19.9 Å². The van der Waals surface area contributed by atoms with Gasteiger partial charge in [0.05, 0.1) is 16.4 Å². The number of nitriles is 1. The molecule has 2 atom stereocenters. The van der Waals surface area contributed by atoms with Crippen molar-refractivity contribution < 1.29 is 18.8 Å². The molecule has 24 heavy (non-hydrogen) atoms. The van der Waals surface area contributed by atoms with Crippen molar-refractivity contribution in [2.24, 2.45) is 10.8 Å². The summed E-state index contributed by atoms with van der Waals surface area (Å²) in [6, 6.07) is 4.84. The smallest absolute Gasteiger partial charge is 0.321 e.